The summed E-state index contributed by atoms with van der Waals surface area (Å²) in [5.41, 5.74) is 4.31. The van der Waals surface area contributed by atoms with Crippen molar-refractivity contribution in [3.05, 3.63) is 29.3 Å². The molecule has 2 aliphatic heterocycles. The van der Waals surface area contributed by atoms with Crippen LogP contribution in [0.15, 0.2) is 18.2 Å². The molecule has 170 valence electrons. The van der Waals surface area contributed by atoms with Crippen molar-refractivity contribution in [1.29, 1.82) is 0 Å². The van der Waals surface area contributed by atoms with Gasteiger partial charge in [0.15, 0.2) is 0 Å². The van der Waals surface area contributed by atoms with Crippen molar-refractivity contribution in [3.8, 4) is 0 Å². The molecule has 0 N–H and O–H groups in total. The van der Waals surface area contributed by atoms with Crippen LogP contribution in [-0.4, -0.2) is 54.5 Å². The Kier molecular flexibility index (Phi) is 6.02. The largest absolute Gasteiger partial charge is 0.369 e. The van der Waals surface area contributed by atoms with E-state index in [2.05, 4.69) is 46.7 Å². The minimum Gasteiger partial charge on any atom is -0.369 e. The van der Waals surface area contributed by atoms with Gasteiger partial charge in [-0.2, -0.15) is 0 Å². The van der Waals surface area contributed by atoms with E-state index in [9.17, 15) is 4.79 Å². The molecule has 5 rings (SSSR count). The fraction of sp³-hybridized carbons (Fsp3) is 0.741. The summed E-state index contributed by atoms with van der Waals surface area (Å²) in [5.74, 6) is 0.688. The van der Waals surface area contributed by atoms with Crippen LogP contribution < -0.4 is 4.90 Å². The van der Waals surface area contributed by atoms with E-state index in [1.54, 1.807) is 0 Å². The highest BCUT2D eigenvalue weighted by atomic mass is 16.2. The predicted molar refractivity (Wildman–Crippen MR) is 128 cm³/mol. The second-order valence-corrected chi connectivity index (χ2v) is 11.2. The summed E-state index contributed by atoms with van der Waals surface area (Å²) in [7, 11) is 0. The third-order valence-corrected chi connectivity index (χ3v) is 8.72. The molecule has 0 bridgehead atoms. The van der Waals surface area contributed by atoms with Crippen LogP contribution in [0.3, 0.4) is 0 Å². The van der Waals surface area contributed by atoms with Gasteiger partial charge >= 0.3 is 0 Å². The lowest BCUT2D eigenvalue weighted by atomic mass is 9.80. The van der Waals surface area contributed by atoms with Crippen molar-refractivity contribution in [3.63, 3.8) is 0 Å². The molecule has 2 saturated carbocycles. The zero-order valence-corrected chi connectivity index (χ0v) is 19.7. The number of nitrogens with zero attached hydrogens (tertiary/aromatic N) is 3. The number of amides is 1. The first-order chi connectivity index (χ1) is 15.0. The lowest BCUT2D eigenvalue weighted by Gasteiger charge is -2.39. The van der Waals surface area contributed by atoms with E-state index in [-0.39, 0.29) is 11.3 Å². The van der Waals surface area contributed by atoms with Gasteiger partial charge in [0.05, 0.1) is 0 Å². The smallest absolute Gasteiger partial charge is 0.225 e. The van der Waals surface area contributed by atoms with Crippen LogP contribution in [0.4, 0.5) is 5.69 Å². The zero-order valence-electron chi connectivity index (χ0n) is 19.7. The molecule has 2 aliphatic carbocycles. The average molecular weight is 424 g/mol. The molecule has 3 fully saturated rings. The van der Waals surface area contributed by atoms with Crippen LogP contribution in [0, 0.1) is 5.92 Å². The maximum Gasteiger partial charge on any atom is 0.225 e. The van der Waals surface area contributed by atoms with Crippen LogP contribution in [0.5, 0.6) is 0 Å². The summed E-state index contributed by atoms with van der Waals surface area (Å²) in [6.45, 7) is 11.0. The number of piperazine rings is 1. The fourth-order valence-corrected chi connectivity index (χ4v) is 6.64. The molecule has 31 heavy (non-hydrogen) atoms. The molecule has 1 aromatic carbocycles. The Morgan fingerprint density at radius 3 is 2.29 bits per heavy atom. The van der Waals surface area contributed by atoms with E-state index in [1.807, 2.05) is 0 Å². The first-order valence-electron chi connectivity index (χ1n) is 12.9. The molecule has 1 amide bonds. The molecular weight excluding hydrogens is 382 g/mol. The SMILES string of the molecule is CC1(C)CCN(C(=O)C2CCCC2)Cc2cc(N3CCN(C4CCCC4)CC3)ccc21. The van der Waals surface area contributed by atoms with Gasteiger partial charge in [-0.25, -0.2) is 0 Å². The van der Waals surface area contributed by atoms with E-state index in [0.29, 0.717) is 5.91 Å². The van der Waals surface area contributed by atoms with Crippen LogP contribution in [0.25, 0.3) is 0 Å². The van der Waals surface area contributed by atoms with Crippen LogP contribution in [0.2, 0.25) is 0 Å². The second kappa shape index (κ2) is 8.77. The number of carbonyl (C=O) groups is 1. The molecule has 4 aliphatic rings. The third kappa shape index (κ3) is 4.37. The lowest BCUT2D eigenvalue weighted by molar-refractivity contribution is -0.136. The molecule has 0 aromatic heterocycles. The number of anilines is 1. The molecule has 0 spiro atoms. The standard InChI is InChI=1S/C27H41N3O/c1-27(2)13-14-30(26(31)21-7-3-4-8-21)20-22-19-24(11-12-25(22)27)29-17-15-28(16-18-29)23-9-5-6-10-23/h11-12,19,21,23H,3-10,13-18,20H2,1-2H3. The Morgan fingerprint density at radius 1 is 0.903 bits per heavy atom. The minimum atomic E-state index is 0.125. The van der Waals surface area contributed by atoms with Gasteiger partial charge in [0.1, 0.15) is 0 Å². The summed E-state index contributed by atoms with van der Waals surface area (Å²) >= 11 is 0. The van der Waals surface area contributed by atoms with Crippen LogP contribution in [0.1, 0.15) is 82.8 Å². The number of hydrogen-bond donors (Lipinski definition) is 0. The molecule has 1 saturated heterocycles. The molecule has 0 unspecified atom stereocenters. The maximum absolute atomic E-state index is 13.2. The van der Waals surface area contributed by atoms with Crippen LogP contribution in [-0.2, 0) is 16.8 Å². The number of rotatable bonds is 3. The minimum absolute atomic E-state index is 0.125. The average Bonchev–Trinajstić information content (AvgIpc) is 3.49. The summed E-state index contributed by atoms with van der Waals surface area (Å²) in [6, 6.07) is 7.98. The van der Waals surface area contributed by atoms with Gasteiger partial charge in [0.2, 0.25) is 5.91 Å². The highest BCUT2D eigenvalue weighted by Gasteiger charge is 2.34. The van der Waals surface area contributed by atoms with Gasteiger partial charge in [0, 0.05) is 56.9 Å². The molecule has 0 atom stereocenters. The number of benzene rings is 1. The molecule has 0 radical (unpaired) electrons. The van der Waals surface area contributed by atoms with Gasteiger partial charge in [-0.1, -0.05) is 45.6 Å². The Balaban J connectivity index is 1.32. The molecule has 1 aromatic rings. The van der Waals surface area contributed by atoms with E-state index in [1.165, 1.54) is 68.4 Å². The van der Waals surface area contributed by atoms with E-state index < -0.39 is 0 Å². The van der Waals surface area contributed by atoms with Crippen molar-refractivity contribution in [1.82, 2.24) is 9.80 Å². The zero-order chi connectivity index (χ0) is 21.4. The number of carbonyl (C=O) groups excluding carboxylic acids is 1. The van der Waals surface area contributed by atoms with Gasteiger partial charge in [-0.15, -0.1) is 0 Å². The van der Waals surface area contributed by atoms with Gasteiger partial charge < -0.3 is 9.80 Å². The molecule has 2 heterocycles. The third-order valence-electron chi connectivity index (χ3n) is 8.72. The highest BCUT2D eigenvalue weighted by Crippen LogP contribution is 2.37. The predicted octanol–water partition coefficient (Wildman–Crippen LogP) is 4.95. The molecule has 4 heteroatoms. The lowest BCUT2D eigenvalue weighted by Crippen LogP contribution is -2.49. The normalized spacial score (nSPS) is 25.6. The van der Waals surface area contributed by atoms with E-state index in [4.69, 9.17) is 0 Å². The van der Waals surface area contributed by atoms with Crippen molar-refractivity contribution >= 4 is 11.6 Å². The molecular formula is C27H41N3O. The summed E-state index contributed by atoms with van der Waals surface area (Å²) in [5, 5.41) is 0. The Labute approximate surface area is 189 Å². The molecule has 4 nitrogen and oxygen atoms in total. The Hall–Kier alpha value is -1.55. The van der Waals surface area contributed by atoms with E-state index in [0.717, 1.165) is 51.5 Å². The Morgan fingerprint density at radius 2 is 1.58 bits per heavy atom. The summed E-state index contributed by atoms with van der Waals surface area (Å²) < 4.78 is 0. The van der Waals surface area contributed by atoms with Crippen LogP contribution >= 0.6 is 0 Å². The monoisotopic (exact) mass is 423 g/mol. The van der Waals surface area contributed by atoms with Crippen molar-refractivity contribution in [2.75, 3.05) is 37.6 Å². The van der Waals surface area contributed by atoms with Crippen molar-refractivity contribution < 1.29 is 4.79 Å². The Bertz CT molecular complexity index is 784. The number of hydrogen-bond acceptors (Lipinski definition) is 3. The summed E-state index contributed by atoms with van der Waals surface area (Å²) in [4.78, 5) is 20.7. The van der Waals surface area contributed by atoms with Gasteiger partial charge in [-0.05, 0) is 60.8 Å². The second-order valence-electron chi connectivity index (χ2n) is 11.2. The van der Waals surface area contributed by atoms with Gasteiger partial charge in [-0.3, -0.25) is 9.69 Å². The van der Waals surface area contributed by atoms with Crippen molar-refractivity contribution in [2.45, 2.75) is 89.6 Å². The maximum atomic E-state index is 13.2. The first-order valence-corrected chi connectivity index (χ1v) is 12.9. The number of fused-ring (bicyclic) bond motifs is 1. The first kappa shape index (κ1) is 21.3. The summed E-state index contributed by atoms with van der Waals surface area (Å²) in [6.07, 6.45) is 11.3. The quantitative estimate of drug-likeness (QED) is 0.688. The van der Waals surface area contributed by atoms with Gasteiger partial charge in [0.25, 0.3) is 0 Å². The van der Waals surface area contributed by atoms with E-state index >= 15 is 0 Å². The van der Waals surface area contributed by atoms with Crippen molar-refractivity contribution in [2.24, 2.45) is 5.92 Å². The fourth-order valence-electron chi connectivity index (χ4n) is 6.64. The highest BCUT2D eigenvalue weighted by molar-refractivity contribution is 5.79. The topological polar surface area (TPSA) is 26.8 Å².